The fraction of sp³-hybridized carbons (Fsp3) is 0.450. The molecule has 0 radical (unpaired) electrons. The zero-order valence-electron chi connectivity index (χ0n) is 18.8. The van der Waals surface area contributed by atoms with Gasteiger partial charge < -0.3 is 0 Å². The Bertz CT molecular complexity index is 829. The highest BCUT2D eigenvalue weighted by Gasteiger charge is 2.19. The van der Waals surface area contributed by atoms with Crippen LogP contribution in [0.5, 0.6) is 0 Å². The third kappa shape index (κ3) is 3.72. The number of pyridine rings is 1. The lowest BCUT2D eigenvalue weighted by Gasteiger charge is -2.19. The van der Waals surface area contributed by atoms with Gasteiger partial charge in [0.25, 0.3) is 0 Å². The maximum Gasteiger partial charge on any atom is 0.212 e. The van der Waals surface area contributed by atoms with Crippen molar-refractivity contribution >= 4 is 0 Å². The van der Waals surface area contributed by atoms with Crippen LogP contribution in [0.1, 0.15) is 49.9 Å². The maximum atomic E-state index is 8.59. The minimum Gasteiger partial charge on any atom is -0.201 e. The number of hydrogen-bond donors (Lipinski definition) is 0. The van der Waals surface area contributed by atoms with Crippen molar-refractivity contribution in [2.75, 3.05) is 0 Å². The molecule has 0 saturated carbocycles. The summed E-state index contributed by atoms with van der Waals surface area (Å²) in [4.78, 5) is 0. The molecule has 1 nitrogen and oxygen atoms in total. The van der Waals surface area contributed by atoms with Crippen molar-refractivity contribution in [3.63, 3.8) is 0 Å². The molecule has 0 aliphatic rings. The minimum absolute atomic E-state index is 0.0745. The number of aryl methyl sites for hydroxylation is 4. The van der Waals surface area contributed by atoms with Crippen molar-refractivity contribution in [3.8, 4) is 11.3 Å². The molecule has 0 bridgehead atoms. The van der Waals surface area contributed by atoms with Crippen LogP contribution in [0.4, 0.5) is 0 Å². The van der Waals surface area contributed by atoms with E-state index >= 15 is 0 Å². The van der Waals surface area contributed by atoms with Crippen molar-refractivity contribution in [2.24, 2.45) is 12.5 Å². The summed E-state index contributed by atoms with van der Waals surface area (Å²) < 4.78 is 42.9. The van der Waals surface area contributed by atoms with Crippen LogP contribution in [-0.4, -0.2) is 0 Å². The van der Waals surface area contributed by atoms with E-state index in [0.717, 1.165) is 22.4 Å². The molecule has 112 valence electrons. The van der Waals surface area contributed by atoms with E-state index in [0.29, 0.717) is 0 Å². The van der Waals surface area contributed by atoms with Crippen LogP contribution in [0.25, 0.3) is 11.3 Å². The van der Waals surface area contributed by atoms with Gasteiger partial charge in [-0.1, -0.05) is 38.5 Å². The Morgan fingerprint density at radius 1 is 1.14 bits per heavy atom. The van der Waals surface area contributed by atoms with Gasteiger partial charge in [0, 0.05) is 24.0 Å². The average molecular weight is 287 g/mol. The second-order valence-corrected chi connectivity index (χ2v) is 6.79. The lowest BCUT2D eigenvalue weighted by Crippen LogP contribution is -2.32. The summed E-state index contributed by atoms with van der Waals surface area (Å²) in [6.07, 6.45) is -0.142. The summed E-state index contributed by atoms with van der Waals surface area (Å²) in [5.74, 6) is 0. The highest BCUT2D eigenvalue weighted by atomic mass is 14.9. The third-order valence-electron chi connectivity index (χ3n) is 3.44. The Hall–Kier alpha value is -1.63. The van der Waals surface area contributed by atoms with Gasteiger partial charge in [-0.15, -0.1) is 0 Å². The molecule has 1 heteroatoms. The van der Waals surface area contributed by atoms with Gasteiger partial charge in [0.05, 0.1) is 0 Å². The highest BCUT2D eigenvalue weighted by molar-refractivity contribution is 5.62. The molecule has 0 unspecified atom stereocenters. The second kappa shape index (κ2) is 5.63. The van der Waals surface area contributed by atoms with E-state index < -0.39 is 18.6 Å². The van der Waals surface area contributed by atoms with Gasteiger partial charge in [-0.05, 0) is 49.7 Å². The first-order valence-corrected chi connectivity index (χ1v) is 7.28. The number of hydrogen-bond acceptors (Lipinski definition) is 0. The number of rotatable bonds is 2. The maximum absolute atomic E-state index is 8.59. The van der Waals surface area contributed by atoms with Crippen LogP contribution < -0.4 is 4.57 Å². The van der Waals surface area contributed by atoms with Gasteiger partial charge in [0.2, 0.25) is 5.69 Å². The predicted molar refractivity (Wildman–Crippen MR) is 90.4 cm³/mol. The molecule has 0 aliphatic heterocycles. The fourth-order valence-corrected chi connectivity index (χ4v) is 2.52. The van der Waals surface area contributed by atoms with Crippen molar-refractivity contribution in [2.45, 2.75) is 47.8 Å². The van der Waals surface area contributed by atoms with Gasteiger partial charge in [0.15, 0.2) is 6.20 Å². The first-order valence-electron chi connectivity index (χ1n) is 9.78. The first-order chi connectivity index (χ1) is 11.7. The third-order valence-corrected chi connectivity index (χ3v) is 3.44. The van der Waals surface area contributed by atoms with Crippen LogP contribution in [0, 0.1) is 26.1 Å². The first kappa shape index (κ1) is 10.2. The molecule has 0 amide bonds. The minimum atomic E-state index is -2.39. The summed E-state index contributed by atoms with van der Waals surface area (Å²) in [5, 5.41) is 0. The summed E-state index contributed by atoms with van der Waals surface area (Å²) in [6.45, 7) is 6.98. The Labute approximate surface area is 136 Å². The van der Waals surface area contributed by atoms with E-state index in [9.17, 15) is 0 Å². The molecular weight excluding hydrogens is 254 g/mol. The van der Waals surface area contributed by atoms with E-state index in [-0.39, 0.29) is 11.1 Å². The number of aromatic nitrogens is 1. The normalized spacial score (nSPS) is 16.6. The molecule has 0 N–H and O–H groups in total. The van der Waals surface area contributed by atoms with E-state index in [1.807, 2.05) is 37.6 Å². The Balaban J connectivity index is 2.82. The fourth-order valence-electron chi connectivity index (χ4n) is 2.52. The van der Waals surface area contributed by atoms with Crippen LogP contribution in [0.15, 0.2) is 30.5 Å². The largest absolute Gasteiger partial charge is 0.212 e. The van der Waals surface area contributed by atoms with Crippen molar-refractivity contribution in [1.82, 2.24) is 0 Å². The molecule has 0 atom stereocenters. The number of benzene rings is 1. The smallest absolute Gasteiger partial charge is 0.201 e. The predicted octanol–water partition coefficient (Wildman–Crippen LogP) is 4.69. The van der Waals surface area contributed by atoms with E-state index in [1.54, 1.807) is 33.0 Å². The quantitative estimate of drug-likeness (QED) is 0.705. The highest BCUT2D eigenvalue weighted by Crippen LogP contribution is 2.26. The van der Waals surface area contributed by atoms with Gasteiger partial charge in [-0.25, -0.2) is 4.57 Å². The molecule has 2 aromatic rings. The van der Waals surface area contributed by atoms with Gasteiger partial charge in [-0.2, -0.15) is 0 Å². The molecule has 2 rings (SSSR count). The van der Waals surface area contributed by atoms with Crippen molar-refractivity contribution in [3.05, 3.63) is 52.7 Å². The van der Waals surface area contributed by atoms with Crippen molar-refractivity contribution < 1.29 is 11.4 Å². The van der Waals surface area contributed by atoms with Crippen LogP contribution in [0.2, 0.25) is 0 Å². The monoisotopic (exact) mass is 287 g/mol. The molecule has 0 saturated heterocycles. The van der Waals surface area contributed by atoms with Crippen LogP contribution in [0.3, 0.4) is 0 Å². The molecule has 0 aliphatic carbocycles. The zero-order valence-corrected chi connectivity index (χ0v) is 13.8. The zero-order chi connectivity index (χ0) is 20.1. The lowest BCUT2D eigenvalue weighted by atomic mass is 9.87. The van der Waals surface area contributed by atoms with Gasteiger partial charge >= 0.3 is 0 Å². The lowest BCUT2D eigenvalue weighted by molar-refractivity contribution is -0.660. The Morgan fingerprint density at radius 3 is 2.43 bits per heavy atom. The van der Waals surface area contributed by atoms with Crippen molar-refractivity contribution in [1.29, 1.82) is 0 Å². The molecule has 1 aromatic carbocycles. The summed E-state index contributed by atoms with van der Waals surface area (Å²) in [5.41, 5.74) is 3.48. The molecular formula is C20H28N+. The average Bonchev–Trinajstić information content (AvgIpc) is 2.45. The molecule has 1 aromatic heterocycles. The molecule has 21 heavy (non-hydrogen) atoms. The Morgan fingerprint density at radius 2 is 1.86 bits per heavy atom. The standard InChI is InChI=1S/C20H28N/c1-14-8-9-18(16(3)10-14)19-11-15(2)17(13-21(19)7)12-20(4,5)6/h8-11,13H,12H2,1-7H3/q+1/i2D3,12D2. The molecule has 0 fully saturated rings. The topological polar surface area (TPSA) is 3.88 Å². The van der Waals surface area contributed by atoms with E-state index in [2.05, 4.69) is 6.07 Å². The van der Waals surface area contributed by atoms with Gasteiger partial charge in [0.1, 0.15) is 7.05 Å². The second-order valence-electron chi connectivity index (χ2n) is 6.79. The van der Waals surface area contributed by atoms with E-state index in [4.69, 9.17) is 6.85 Å². The molecule has 0 spiro atoms. The summed E-state index contributed by atoms with van der Waals surface area (Å²) in [7, 11) is 1.83. The van der Waals surface area contributed by atoms with Crippen LogP contribution >= 0.6 is 0 Å². The molecule has 1 heterocycles. The summed E-state index contributed by atoms with van der Waals surface area (Å²) >= 11 is 0. The van der Waals surface area contributed by atoms with Gasteiger partial charge in [-0.3, -0.25) is 0 Å². The SMILES string of the molecule is [2H]C([2H])([2H])c1cc(-c2ccc(C)cc2C)[n+](C)cc1C([2H])([2H])C(C)(C)C. The van der Waals surface area contributed by atoms with Crippen LogP contribution in [-0.2, 0) is 13.4 Å². The summed E-state index contributed by atoms with van der Waals surface area (Å²) in [6, 6.07) is 7.68. The Kier molecular flexibility index (Phi) is 2.72. The van der Waals surface area contributed by atoms with E-state index in [1.165, 1.54) is 0 Å². The number of nitrogens with zero attached hydrogens (tertiary/aromatic N) is 1.